The van der Waals surface area contributed by atoms with Gasteiger partial charge in [0.15, 0.2) is 0 Å². The highest BCUT2D eigenvalue weighted by molar-refractivity contribution is 5.75. The van der Waals surface area contributed by atoms with E-state index in [0.29, 0.717) is 19.4 Å². The van der Waals surface area contributed by atoms with E-state index in [9.17, 15) is 9.90 Å². The average molecular weight is 312 g/mol. The fourth-order valence-electron chi connectivity index (χ4n) is 2.97. The summed E-state index contributed by atoms with van der Waals surface area (Å²) in [5.41, 5.74) is 4.32. The van der Waals surface area contributed by atoms with Crippen LogP contribution in [0.25, 0.3) is 0 Å². The second-order valence-electron chi connectivity index (χ2n) is 6.02. The molecule has 0 spiro atoms. The Morgan fingerprint density at radius 2 is 1.70 bits per heavy atom. The van der Waals surface area contributed by atoms with Gasteiger partial charge in [0.25, 0.3) is 0 Å². The zero-order chi connectivity index (χ0) is 16.8. The molecule has 0 heterocycles. The van der Waals surface area contributed by atoms with Gasteiger partial charge in [0, 0.05) is 0 Å². The van der Waals surface area contributed by atoms with Crippen LogP contribution in [-0.4, -0.2) is 17.7 Å². The second kappa shape index (κ2) is 7.82. The predicted molar refractivity (Wildman–Crippen MR) is 92.2 cm³/mol. The zero-order valence-corrected chi connectivity index (χ0v) is 14.0. The lowest BCUT2D eigenvalue weighted by Gasteiger charge is -2.15. The van der Waals surface area contributed by atoms with Crippen LogP contribution in [0.1, 0.15) is 41.0 Å². The number of benzene rings is 2. The molecular formula is C20H24O3. The van der Waals surface area contributed by atoms with E-state index >= 15 is 0 Å². The molecule has 1 atom stereocenters. The highest BCUT2D eigenvalue weighted by atomic mass is 16.5. The largest absolute Gasteiger partial charge is 0.493 e. The number of aliphatic carboxylic acids is 1. The fraction of sp³-hybridized carbons (Fsp3) is 0.350. The summed E-state index contributed by atoms with van der Waals surface area (Å²) in [6, 6.07) is 13.6. The van der Waals surface area contributed by atoms with Crippen LogP contribution in [0.2, 0.25) is 0 Å². The van der Waals surface area contributed by atoms with Crippen LogP contribution in [0, 0.1) is 20.8 Å². The second-order valence-corrected chi connectivity index (χ2v) is 6.02. The van der Waals surface area contributed by atoms with Crippen LogP contribution >= 0.6 is 0 Å². The number of ether oxygens (including phenoxy) is 1. The van der Waals surface area contributed by atoms with E-state index in [1.54, 1.807) is 0 Å². The monoisotopic (exact) mass is 312 g/mol. The molecule has 0 bridgehead atoms. The van der Waals surface area contributed by atoms with Crippen molar-refractivity contribution < 1.29 is 14.6 Å². The topological polar surface area (TPSA) is 46.5 Å². The maximum Gasteiger partial charge on any atom is 0.310 e. The molecule has 0 aliphatic carbocycles. The van der Waals surface area contributed by atoms with E-state index in [1.165, 1.54) is 5.56 Å². The van der Waals surface area contributed by atoms with Gasteiger partial charge < -0.3 is 9.84 Å². The molecule has 23 heavy (non-hydrogen) atoms. The van der Waals surface area contributed by atoms with Crippen molar-refractivity contribution in [2.45, 2.75) is 39.5 Å². The molecule has 1 N–H and O–H groups in total. The normalized spacial score (nSPS) is 12.0. The Labute approximate surface area is 137 Å². The number of hydrogen-bond acceptors (Lipinski definition) is 2. The quantitative estimate of drug-likeness (QED) is 0.758. The SMILES string of the molecule is Cc1cc(C)c(OCCCC(C(=O)O)c2ccccc2)c(C)c1. The van der Waals surface area contributed by atoms with Crippen molar-refractivity contribution in [3.05, 3.63) is 64.7 Å². The Kier molecular flexibility index (Phi) is 5.80. The van der Waals surface area contributed by atoms with E-state index in [2.05, 4.69) is 19.1 Å². The molecule has 0 saturated carbocycles. The summed E-state index contributed by atoms with van der Waals surface area (Å²) < 4.78 is 5.90. The van der Waals surface area contributed by atoms with E-state index in [0.717, 1.165) is 22.4 Å². The number of carbonyl (C=O) groups is 1. The van der Waals surface area contributed by atoms with Crippen LogP contribution in [0.5, 0.6) is 5.75 Å². The van der Waals surface area contributed by atoms with Crippen LogP contribution in [-0.2, 0) is 4.79 Å². The molecule has 0 fully saturated rings. The van der Waals surface area contributed by atoms with Crippen molar-refractivity contribution in [3.63, 3.8) is 0 Å². The van der Waals surface area contributed by atoms with Gasteiger partial charge in [-0.05, 0) is 50.3 Å². The molecule has 3 nitrogen and oxygen atoms in total. The van der Waals surface area contributed by atoms with Crippen LogP contribution < -0.4 is 4.74 Å². The molecule has 0 aromatic heterocycles. The van der Waals surface area contributed by atoms with Gasteiger partial charge in [-0.15, -0.1) is 0 Å². The first-order chi connectivity index (χ1) is 11.0. The lowest BCUT2D eigenvalue weighted by Crippen LogP contribution is -2.13. The molecule has 0 aliphatic rings. The Balaban J connectivity index is 1.93. The number of aryl methyl sites for hydroxylation is 3. The number of carboxylic acid groups (broad SMARTS) is 1. The Bertz CT molecular complexity index is 639. The first-order valence-corrected chi connectivity index (χ1v) is 7.97. The predicted octanol–water partition coefficient (Wildman–Crippen LogP) is 4.64. The van der Waals surface area contributed by atoms with Crippen molar-refractivity contribution in [2.75, 3.05) is 6.61 Å². The highest BCUT2D eigenvalue weighted by Crippen LogP contribution is 2.26. The van der Waals surface area contributed by atoms with Crippen molar-refractivity contribution in [3.8, 4) is 5.75 Å². The maximum atomic E-state index is 11.5. The molecular weight excluding hydrogens is 288 g/mol. The van der Waals surface area contributed by atoms with Gasteiger partial charge in [0.2, 0.25) is 0 Å². The summed E-state index contributed by atoms with van der Waals surface area (Å²) in [6.07, 6.45) is 1.28. The highest BCUT2D eigenvalue weighted by Gasteiger charge is 2.19. The van der Waals surface area contributed by atoms with E-state index in [4.69, 9.17) is 4.74 Å². The third-order valence-electron chi connectivity index (χ3n) is 3.99. The molecule has 1 unspecified atom stereocenters. The minimum Gasteiger partial charge on any atom is -0.493 e. The van der Waals surface area contributed by atoms with Crippen molar-refractivity contribution in [1.29, 1.82) is 0 Å². The molecule has 122 valence electrons. The lowest BCUT2D eigenvalue weighted by molar-refractivity contribution is -0.139. The molecule has 3 heteroatoms. The summed E-state index contributed by atoms with van der Waals surface area (Å²) in [6.45, 7) is 6.68. The molecule has 0 radical (unpaired) electrons. The molecule has 2 rings (SSSR count). The molecule has 0 aliphatic heterocycles. The molecule has 0 saturated heterocycles. The first kappa shape index (κ1) is 17.1. The van der Waals surface area contributed by atoms with Crippen LogP contribution in [0.4, 0.5) is 0 Å². The molecule has 2 aromatic rings. The van der Waals surface area contributed by atoms with Crippen molar-refractivity contribution in [2.24, 2.45) is 0 Å². The van der Waals surface area contributed by atoms with E-state index in [-0.39, 0.29) is 0 Å². The third-order valence-corrected chi connectivity index (χ3v) is 3.99. The first-order valence-electron chi connectivity index (χ1n) is 7.97. The number of hydrogen-bond donors (Lipinski definition) is 1. The fourth-order valence-corrected chi connectivity index (χ4v) is 2.97. The summed E-state index contributed by atoms with van der Waals surface area (Å²) in [4.78, 5) is 11.5. The van der Waals surface area contributed by atoms with Crippen LogP contribution in [0.3, 0.4) is 0 Å². The van der Waals surface area contributed by atoms with Gasteiger partial charge in [-0.25, -0.2) is 0 Å². The number of carboxylic acids is 1. The van der Waals surface area contributed by atoms with Gasteiger partial charge in [-0.1, -0.05) is 48.0 Å². The minimum atomic E-state index is -0.779. The summed E-state index contributed by atoms with van der Waals surface area (Å²) in [7, 11) is 0. The third kappa shape index (κ3) is 4.59. The van der Waals surface area contributed by atoms with Gasteiger partial charge in [0.05, 0.1) is 12.5 Å². The summed E-state index contributed by atoms with van der Waals surface area (Å²) >= 11 is 0. The summed E-state index contributed by atoms with van der Waals surface area (Å²) in [5, 5.41) is 9.42. The van der Waals surface area contributed by atoms with Gasteiger partial charge in [0.1, 0.15) is 5.75 Å². The maximum absolute atomic E-state index is 11.5. The Morgan fingerprint density at radius 1 is 1.09 bits per heavy atom. The molecule has 0 amide bonds. The van der Waals surface area contributed by atoms with Crippen molar-refractivity contribution >= 4 is 5.97 Å². The Morgan fingerprint density at radius 3 is 2.26 bits per heavy atom. The summed E-state index contributed by atoms with van der Waals surface area (Å²) in [5.74, 6) is -0.332. The zero-order valence-electron chi connectivity index (χ0n) is 14.0. The van der Waals surface area contributed by atoms with E-state index in [1.807, 2.05) is 44.2 Å². The average Bonchev–Trinajstić information content (AvgIpc) is 2.49. The van der Waals surface area contributed by atoms with Crippen molar-refractivity contribution in [1.82, 2.24) is 0 Å². The lowest BCUT2D eigenvalue weighted by atomic mass is 9.94. The smallest absolute Gasteiger partial charge is 0.310 e. The van der Waals surface area contributed by atoms with Crippen LogP contribution in [0.15, 0.2) is 42.5 Å². The van der Waals surface area contributed by atoms with Gasteiger partial charge >= 0.3 is 5.97 Å². The molecule has 2 aromatic carbocycles. The van der Waals surface area contributed by atoms with Gasteiger partial charge in [-0.3, -0.25) is 4.79 Å². The Hall–Kier alpha value is -2.29. The van der Waals surface area contributed by atoms with E-state index < -0.39 is 11.9 Å². The number of rotatable bonds is 7. The standard InChI is InChI=1S/C20H24O3/c1-14-12-15(2)19(16(3)13-14)23-11-7-10-18(20(21)22)17-8-5-4-6-9-17/h4-6,8-9,12-13,18H,7,10-11H2,1-3H3,(H,21,22). The minimum absolute atomic E-state index is 0.472. The van der Waals surface area contributed by atoms with Gasteiger partial charge in [-0.2, -0.15) is 0 Å².